The van der Waals surface area contributed by atoms with Crippen LogP contribution in [0.3, 0.4) is 0 Å². The smallest absolute Gasteiger partial charge is 0.229 e. The lowest BCUT2D eigenvalue weighted by molar-refractivity contribution is 0.672. The molecule has 0 N–H and O–H groups in total. The molecule has 0 fully saturated rings. The number of fused-ring (bicyclic) bond motifs is 9. The van der Waals surface area contributed by atoms with Crippen molar-refractivity contribution in [2.75, 3.05) is 0 Å². The van der Waals surface area contributed by atoms with Crippen molar-refractivity contribution in [2.24, 2.45) is 0 Å². The van der Waals surface area contributed by atoms with Gasteiger partial charge in [-0.25, -0.2) is 4.85 Å². The van der Waals surface area contributed by atoms with E-state index in [0.717, 1.165) is 44.4 Å². The van der Waals surface area contributed by atoms with Crippen molar-refractivity contribution in [1.29, 1.82) is 0 Å². The highest BCUT2D eigenvalue weighted by molar-refractivity contribution is 6.14. The highest BCUT2D eigenvalue weighted by Gasteiger charge is 2.18. The molecule has 0 aliphatic heterocycles. The van der Waals surface area contributed by atoms with Gasteiger partial charge in [0.05, 0.1) is 28.6 Å². The Bertz CT molecular complexity index is 3280. The molecule has 53 heavy (non-hydrogen) atoms. The van der Waals surface area contributed by atoms with E-state index in [-0.39, 0.29) is 0 Å². The number of furan rings is 1. The zero-order chi connectivity index (χ0) is 35.0. The first-order valence-electron chi connectivity index (χ1n) is 17.8. The Kier molecular flexibility index (Phi) is 6.28. The van der Waals surface area contributed by atoms with Crippen LogP contribution in [-0.4, -0.2) is 9.13 Å². The molecule has 0 saturated heterocycles. The van der Waals surface area contributed by atoms with Gasteiger partial charge in [-0.1, -0.05) is 115 Å². The third-order valence-electron chi connectivity index (χ3n) is 10.8. The Morgan fingerprint density at radius 2 is 0.868 bits per heavy atom. The van der Waals surface area contributed by atoms with Gasteiger partial charge >= 0.3 is 0 Å². The summed E-state index contributed by atoms with van der Waals surface area (Å²) >= 11 is 0. The van der Waals surface area contributed by atoms with Crippen LogP contribution >= 0.6 is 0 Å². The van der Waals surface area contributed by atoms with Crippen molar-refractivity contribution in [1.82, 2.24) is 9.13 Å². The molecule has 4 nitrogen and oxygen atoms in total. The zero-order valence-electron chi connectivity index (χ0n) is 28.5. The molecule has 0 bridgehead atoms. The molecular weight excluding hydrogens is 647 g/mol. The quantitative estimate of drug-likeness (QED) is 0.171. The Labute approximate surface area is 304 Å². The summed E-state index contributed by atoms with van der Waals surface area (Å²) in [4.78, 5) is 3.70. The first-order chi connectivity index (χ1) is 26.2. The SMILES string of the molecule is [C-]#[N+]c1cccc2c1oc1c(-c3ccc(-n4c5ccccc5c5cc(-c6ccc7c(c6)c6ccccc6n7-c6ccccc6)ccc54)cc3)cccc12. The number of rotatable bonds is 4. The summed E-state index contributed by atoms with van der Waals surface area (Å²) in [6, 6.07) is 62.4. The maximum atomic E-state index is 7.62. The number of para-hydroxylation sites is 5. The van der Waals surface area contributed by atoms with Crippen molar-refractivity contribution in [3.05, 3.63) is 187 Å². The highest BCUT2D eigenvalue weighted by Crippen LogP contribution is 2.41. The molecule has 11 aromatic rings. The molecular formula is C49H29N3O. The van der Waals surface area contributed by atoms with Gasteiger partial charge in [-0.15, -0.1) is 0 Å². The van der Waals surface area contributed by atoms with E-state index in [1.807, 2.05) is 18.2 Å². The third kappa shape index (κ3) is 4.35. The van der Waals surface area contributed by atoms with Crippen molar-refractivity contribution < 1.29 is 4.42 Å². The monoisotopic (exact) mass is 675 g/mol. The van der Waals surface area contributed by atoms with E-state index in [1.165, 1.54) is 49.2 Å². The van der Waals surface area contributed by atoms with Crippen LogP contribution in [0.15, 0.2) is 180 Å². The number of nitrogens with zero attached hydrogens (tertiary/aromatic N) is 3. The standard InChI is InChI=1S/C49H29N3O/c1-50-43-18-10-17-40-39-16-9-15-36(48(39)53-49(40)43)31-21-25-35(26-22-31)52-45-20-8-6-14-38(45)42-30-33(24-28-47(42)52)32-23-27-46-41(29-32)37-13-5-7-19-44(37)51(46)34-11-3-2-4-12-34/h2-30H. The van der Waals surface area contributed by atoms with Crippen LogP contribution in [0.25, 0.3) is 104 Å². The van der Waals surface area contributed by atoms with E-state index in [9.17, 15) is 0 Å². The van der Waals surface area contributed by atoms with E-state index in [2.05, 4.69) is 172 Å². The predicted molar refractivity (Wildman–Crippen MR) is 220 cm³/mol. The van der Waals surface area contributed by atoms with Gasteiger partial charge in [-0.2, -0.15) is 0 Å². The predicted octanol–water partition coefficient (Wildman–Crippen LogP) is 13.7. The van der Waals surface area contributed by atoms with Crippen molar-refractivity contribution in [2.45, 2.75) is 0 Å². The second-order valence-electron chi connectivity index (χ2n) is 13.6. The minimum atomic E-state index is 0.533. The molecule has 0 aliphatic rings. The minimum absolute atomic E-state index is 0.533. The molecule has 4 heteroatoms. The summed E-state index contributed by atoms with van der Waals surface area (Å²) in [5.41, 5.74) is 13.4. The van der Waals surface area contributed by atoms with Gasteiger partial charge < -0.3 is 13.6 Å². The second-order valence-corrected chi connectivity index (χ2v) is 13.6. The molecule has 0 amide bonds. The van der Waals surface area contributed by atoms with Gasteiger partial charge in [0.2, 0.25) is 5.69 Å². The summed E-state index contributed by atoms with van der Waals surface area (Å²) < 4.78 is 11.1. The Morgan fingerprint density at radius 1 is 0.377 bits per heavy atom. The zero-order valence-corrected chi connectivity index (χ0v) is 28.5. The molecule has 11 rings (SSSR count). The molecule has 3 heterocycles. The number of hydrogen-bond acceptors (Lipinski definition) is 1. The first kappa shape index (κ1) is 29.4. The summed E-state index contributed by atoms with van der Waals surface area (Å²) in [5, 5.41) is 6.92. The van der Waals surface area contributed by atoms with E-state index in [1.54, 1.807) is 0 Å². The summed E-state index contributed by atoms with van der Waals surface area (Å²) in [6.45, 7) is 7.62. The number of hydrogen-bond donors (Lipinski definition) is 0. The summed E-state index contributed by atoms with van der Waals surface area (Å²) in [6.07, 6.45) is 0. The fourth-order valence-corrected chi connectivity index (χ4v) is 8.35. The minimum Gasteiger partial charge on any atom is -0.466 e. The average Bonchev–Trinajstić information content (AvgIpc) is 3.89. The van der Waals surface area contributed by atoms with Crippen LogP contribution in [0.4, 0.5) is 5.69 Å². The van der Waals surface area contributed by atoms with Crippen LogP contribution in [0.5, 0.6) is 0 Å². The van der Waals surface area contributed by atoms with Crippen LogP contribution in [0.1, 0.15) is 0 Å². The molecule has 0 saturated carbocycles. The molecule has 0 radical (unpaired) electrons. The van der Waals surface area contributed by atoms with Crippen molar-refractivity contribution in [3.8, 4) is 33.6 Å². The summed E-state index contributed by atoms with van der Waals surface area (Å²) in [7, 11) is 0. The Balaban J connectivity index is 1.03. The van der Waals surface area contributed by atoms with Crippen molar-refractivity contribution in [3.63, 3.8) is 0 Å². The topological polar surface area (TPSA) is 27.4 Å². The Morgan fingerprint density at radius 3 is 1.49 bits per heavy atom. The van der Waals surface area contributed by atoms with Gasteiger partial charge in [0, 0.05) is 49.3 Å². The Hall–Kier alpha value is -7.35. The summed E-state index contributed by atoms with van der Waals surface area (Å²) in [5.74, 6) is 0. The van der Waals surface area contributed by atoms with E-state index >= 15 is 0 Å². The molecule has 246 valence electrons. The first-order valence-corrected chi connectivity index (χ1v) is 17.8. The van der Waals surface area contributed by atoms with Crippen LogP contribution in [0, 0.1) is 6.57 Å². The second kappa shape index (κ2) is 11.3. The average molecular weight is 676 g/mol. The normalized spacial score (nSPS) is 11.8. The molecule has 0 aliphatic carbocycles. The molecule has 8 aromatic carbocycles. The number of benzene rings is 8. The molecule has 3 aromatic heterocycles. The lowest BCUT2D eigenvalue weighted by Crippen LogP contribution is -1.94. The lowest BCUT2D eigenvalue weighted by Gasteiger charge is -2.10. The van der Waals surface area contributed by atoms with Crippen molar-refractivity contribution >= 4 is 71.2 Å². The fraction of sp³-hybridized carbons (Fsp3) is 0. The molecule has 0 unspecified atom stereocenters. The van der Waals surface area contributed by atoms with Gasteiger partial charge in [0.15, 0.2) is 0 Å². The maximum absolute atomic E-state index is 7.62. The molecule has 0 atom stereocenters. The number of aromatic nitrogens is 2. The highest BCUT2D eigenvalue weighted by atomic mass is 16.3. The van der Waals surface area contributed by atoms with Gasteiger partial charge in [0.1, 0.15) is 11.2 Å². The van der Waals surface area contributed by atoms with E-state index in [4.69, 9.17) is 11.0 Å². The van der Waals surface area contributed by atoms with E-state index in [0.29, 0.717) is 11.3 Å². The fourth-order valence-electron chi connectivity index (χ4n) is 8.35. The van der Waals surface area contributed by atoms with Gasteiger partial charge in [0.25, 0.3) is 0 Å². The van der Waals surface area contributed by atoms with Crippen LogP contribution in [-0.2, 0) is 0 Å². The maximum Gasteiger partial charge on any atom is 0.229 e. The van der Waals surface area contributed by atoms with Crippen LogP contribution in [0.2, 0.25) is 0 Å². The third-order valence-corrected chi connectivity index (χ3v) is 10.8. The van der Waals surface area contributed by atoms with Gasteiger partial charge in [-0.3, -0.25) is 0 Å². The van der Waals surface area contributed by atoms with Crippen LogP contribution < -0.4 is 0 Å². The van der Waals surface area contributed by atoms with E-state index < -0.39 is 0 Å². The van der Waals surface area contributed by atoms with Gasteiger partial charge in [-0.05, 0) is 77.4 Å². The largest absolute Gasteiger partial charge is 0.466 e. The lowest BCUT2D eigenvalue weighted by atomic mass is 10.0. The molecule has 0 spiro atoms.